The van der Waals surface area contributed by atoms with Crippen LogP contribution in [0.2, 0.25) is 0 Å². The maximum Gasteiger partial charge on any atom is 0.281 e. The second kappa shape index (κ2) is 4.80. The molecule has 3 rings (SSSR count). The Bertz CT molecular complexity index is 630. The molecule has 0 atom stereocenters. The number of nitrogens with one attached hydrogen (secondary N) is 1. The monoisotopic (exact) mass is 358 g/mol. The summed E-state index contributed by atoms with van der Waals surface area (Å²) in [7, 11) is -3.85. The Labute approximate surface area is 126 Å². The summed E-state index contributed by atoms with van der Waals surface area (Å²) in [6.07, 6.45) is 6.63. The van der Waals surface area contributed by atoms with Gasteiger partial charge in [-0.25, -0.2) is 9.71 Å². The van der Waals surface area contributed by atoms with Gasteiger partial charge in [-0.3, -0.25) is 4.79 Å². The molecule has 1 N–H and O–H groups in total. The highest BCUT2D eigenvalue weighted by atomic mass is 79.9. The average molecular weight is 359 g/mol. The van der Waals surface area contributed by atoms with Crippen LogP contribution in [0, 0.1) is 11.3 Å². The molecule has 20 heavy (non-hydrogen) atoms. The summed E-state index contributed by atoms with van der Waals surface area (Å²) in [5.74, 6) is -0.562. The second-order valence-corrected chi connectivity index (χ2v) is 8.29. The van der Waals surface area contributed by atoms with Crippen molar-refractivity contribution in [3.63, 3.8) is 0 Å². The SMILES string of the molecule is O=C(NS(=O)(=O)c1ccc(Br)cn1)C1CC2(CCC2)C1. The molecule has 0 aromatic carbocycles. The standard InChI is InChI=1S/C13H15BrN2O3S/c14-10-2-3-11(15-8-10)20(18,19)16-12(17)9-6-13(7-9)4-1-5-13/h2-3,8-9H,1,4-7H2,(H,16,17). The van der Waals surface area contributed by atoms with Crippen LogP contribution >= 0.6 is 15.9 Å². The van der Waals surface area contributed by atoms with Crippen molar-refractivity contribution in [2.75, 3.05) is 0 Å². The first-order chi connectivity index (χ1) is 9.40. The summed E-state index contributed by atoms with van der Waals surface area (Å²) in [5, 5.41) is -0.133. The van der Waals surface area contributed by atoms with E-state index in [0.717, 1.165) is 12.8 Å². The molecule has 1 amide bonds. The van der Waals surface area contributed by atoms with E-state index in [0.29, 0.717) is 9.89 Å². The normalized spacial score (nSPS) is 21.1. The van der Waals surface area contributed by atoms with Crippen LogP contribution in [0.25, 0.3) is 0 Å². The first-order valence-corrected chi connectivity index (χ1v) is 8.86. The lowest BCUT2D eigenvalue weighted by Gasteiger charge is -2.53. The number of sulfonamides is 1. The van der Waals surface area contributed by atoms with Gasteiger partial charge in [-0.15, -0.1) is 0 Å². The Morgan fingerprint density at radius 2 is 2.05 bits per heavy atom. The van der Waals surface area contributed by atoms with Gasteiger partial charge in [-0.05, 0) is 59.2 Å². The number of nitrogens with zero attached hydrogens (tertiary/aromatic N) is 1. The smallest absolute Gasteiger partial charge is 0.274 e. The highest BCUT2D eigenvalue weighted by Gasteiger charge is 2.51. The van der Waals surface area contributed by atoms with Gasteiger partial charge in [-0.1, -0.05) is 6.42 Å². The van der Waals surface area contributed by atoms with Crippen LogP contribution in [0.15, 0.2) is 27.8 Å². The van der Waals surface area contributed by atoms with Crippen molar-refractivity contribution in [2.24, 2.45) is 11.3 Å². The lowest BCUT2D eigenvalue weighted by atomic mass is 9.52. The topological polar surface area (TPSA) is 76.1 Å². The van der Waals surface area contributed by atoms with Crippen molar-refractivity contribution in [1.29, 1.82) is 0 Å². The van der Waals surface area contributed by atoms with Gasteiger partial charge in [-0.2, -0.15) is 8.42 Å². The third-order valence-corrected chi connectivity index (χ3v) is 6.09. The molecule has 2 fully saturated rings. The Morgan fingerprint density at radius 3 is 2.55 bits per heavy atom. The molecule has 0 saturated heterocycles. The summed E-state index contributed by atoms with van der Waals surface area (Å²) < 4.78 is 26.9. The molecule has 1 spiro atoms. The van der Waals surface area contributed by atoms with Crippen molar-refractivity contribution in [2.45, 2.75) is 37.1 Å². The fourth-order valence-electron chi connectivity index (χ4n) is 3.05. The highest BCUT2D eigenvalue weighted by molar-refractivity contribution is 9.10. The minimum absolute atomic E-state index is 0.133. The molecular formula is C13H15BrN2O3S. The summed E-state index contributed by atoms with van der Waals surface area (Å²) in [6.45, 7) is 0. The fraction of sp³-hybridized carbons (Fsp3) is 0.538. The van der Waals surface area contributed by atoms with Crippen LogP contribution in [0.5, 0.6) is 0 Å². The van der Waals surface area contributed by atoms with E-state index in [2.05, 4.69) is 25.6 Å². The number of rotatable bonds is 3. The number of hydrogen-bond donors (Lipinski definition) is 1. The van der Waals surface area contributed by atoms with E-state index in [9.17, 15) is 13.2 Å². The Hall–Kier alpha value is -0.950. The first kappa shape index (κ1) is 14.0. The van der Waals surface area contributed by atoms with Gasteiger partial charge in [0.15, 0.2) is 5.03 Å². The minimum Gasteiger partial charge on any atom is -0.274 e. The molecule has 108 valence electrons. The molecule has 2 aliphatic rings. The lowest BCUT2D eigenvalue weighted by Crippen LogP contribution is -2.49. The van der Waals surface area contributed by atoms with Crippen LogP contribution in [0.1, 0.15) is 32.1 Å². The van der Waals surface area contributed by atoms with E-state index in [1.54, 1.807) is 6.07 Å². The van der Waals surface area contributed by atoms with Crippen LogP contribution in [0.3, 0.4) is 0 Å². The fourth-order valence-corrected chi connectivity index (χ4v) is 4.25. The van der Waals surface area contributed by atoms with Crippen LogP contribution < -0.4 is 4.72 Å². The molecule has 1 heterocycles. The van der Waals surface area contributed by atoms with Gasteiger partial charge in [0.05, 0.1) is 0 Å². The average Bonchev–Trinajstić information content (AvgIpc) is 2.24. The molecule has 7 heteroatoms. The molecule has 0 unspecified atom stereocenters. The molecule has 5 nitrogen and oxygen atoms in total. The summed E-state index contributed by atoms with van der Waals surface area (Å²) in [6, 6.07) is 2.95. The number of halogens is 1. The summed E-state index contributed by atoms with van der Waals surface area (Å²) in [4.78, 5) is 15.8. The summed E-state index contributed by atoms with van der Waals surface area (Å²) in [5.41, 5.74) is 0.349. The number of carbonyl (C=O) groups is 1. The van der Waals surface area contributed by atoms with Crippen molar-refractivity contribution in [1.82, 2.24) is 9.71 Å². The van der Waals surface area contributed by atoms with Crippen molar-refractivity contribution >= 4 is 31.9 Å². The Morgan fingerprint density at radius 1 is 1.35 bits per heavy atom. The van der Waals surface area contributed by atoms with E-state index in [1.165, 1.54) is 31.5 Å². The van der Waals surface area contributed by atoms with E-state index >= 15 is 0 Å². The van der Waals surface area contributed by atoms with Crippen molar-refractivity contribution < 1.29 is 13.2 Å². The van der Waals surface area contributed by atoms with Gasteiger partial charge < -0.3 is 0 Å². The second-order valence-electron chi connectivity index (χ2n) is 5.74. The lowest BCUT2D eigenvalue weighted by molar-refractivity contribution is -0.134. The zero-order chi connectivity index (χ0) is 14.4. The Kier molecular flexibility index (Phi) is 3.36. The van der Waals surface area contributed by atoms with Crippen molar-refractivity contribution in [3.05, 3.63) is 22.8 Å². The number of aromatic nitrogens is 1. The molecule has 0 radical (unpaired) electrons. The molecule has 0 bridgehead atoms. The number of hydrogen-bond acceptors (Lipinski definition) is 4. The maximum absolute atomic E-state index is 12.0. The molecular weight excluding hydrogens is 344 g/mol. The van der Waals surface area contributed by atoms with Gasteiger partial charge in [0.2, 0.25) is 5.91 Å². The predicted octanol–water partition coefficient (Wildman–Crippen LogP) is 2.23. The minimum atomic E-state index is -3.85. The van der Waals surface area contributed by atoms with Gasteiger partial charge in [0.25, 0.3) is 10.0 Å². The van der Waals surface area contributed by atoms with E-state index in [-0.39, 0.29) is 10.9 Å². The quantitative estimate of drug-likeness (QED) is 0.898. The van der Waals surface area contributed by atoms with Gasteiger partial charge in [0.1, 0.15) is 0 Å². The molecule has 2 aliphatic carbocycles. The van der Waals surface area contributed by atoms with Crippen LogP contribution in [0.4, 0.5) is 0 Å². The van der Waals surface area contributed by atoms with Crippen LogP contribution in [-0.2, 0) is 14.8 Å². The third kappa shape index (κ3) is 2.48. The van der Waals surface area contributed by atoms with E-state index in [1.807, 2.05) is 0 Å². The molecule has 0 aliphatic heterocycles. The third-order valence-electron chi connectivity index (χ3n) is 4.35. The molecule has 1 aromatic heterocycles. The largest absolute Gasteiger partial charge is 0.281 e. The summed E-state index contributed by atoms with van der Waals surface area (Å²) >= 11 is 3.19. The van der Waals surface area contributed by atoms with Gasteiger partial charge >= 0.3 is 0 Å². The van der Waals surface area contributed by atoms with E-state index < -0.39 is 15.9 Å². The number of pyridine rings is 1. The van der Waals surface area contributed by atoms with Crippen molar-refractivity contribution in [3.8, 4) is 0 Å². The molecule has 2 saturated carbocycles. The number of amides is 1. The molecule has 1 aromatic rings. The van der Waals surface area contributed by atoms with Crippen LogP contribution in [-0.4, -0.2) is 19.3 Å². The van der Waals surface area contributed by atoms with E-state index in [4.69, 9.17) is 0 Å². The number of carbonyl (C=O) groups excluding carboxylic acids is 1. The zero-order valence-corrected chi connectivity index (χ0v) is 13.2. The predicted molar refractivity (Wildman–Crippen MR) is 76.3 cm³/mol. The Balaban J connectivity index is 1.64. The highest BCUT2D eigenvalue weighted by Crippen LogP contribution is 2.58. The first-order valence-electron chi connectivity index (χ1n) is 6.59. The van der Waals surface area contributed by atoms with Gasteiger partial charge in [0, 0.05) is 16.6 Å². The zero-order valence-electron chi connectivity index (χ0n) is 10.8. The maximum atomic E-state index is 12.0.